The highest BCUT2D eigenvalue weighted by atomic mass is 32.2. The van der Waals surface area contributed by atoms with E-state index in [1.165, 1.54) is 6.07 Å². The molecule has 0 amide bonds. The van der Waals surface area contributed by atoms with Crippen molar-refractivity contribution >= 4 is 15.5 Å². The van der Waals surface area contributed by atoms with Crippen molar-refractivity contribution in [3.63, 3.8) is 0 Å². The normalized spacial score (nSPS) is 11.8. The maximum atomic E-state index is 12.1. The lowest BCUT2D eigenvalue weighted by atomic mass is 10.3. The number of sulfone groups is 1. The number of anilines is 1. The Hall–Kier alpha value is -1.23. The first-order chi connectivity index (χ1) is 7.86. The van der Waals surface area contributed by atoms with Crippen LogP contribution in [-0.4, -0.2) is 20.8 Å². The Balaban J connectivity index is 3.16. The van der Waals surface area contributed by atoms with Crippen molar-refractivity contribution in [1.29, 1.82) is 0 Å². The molecule has 0 fully saturated rings. The fraction of sp³-hybridized carbons (Fsp3) is 0.500. The van der Waals surface area contributed by atoms with Crippen LogP contribution in [0, 0.1) is 5.92 Å². The third-order valence-corrected chi connectivity index (χ3v) is 4.31. The molecular formula is C12H19NO3S. The minimum Gasteiger partial charge on any atom is -0.494 e. The second-order valence-electron chi connectivity index (χ2n) is 4.31. The number of hydrogen-bond donors (Lipinski definition) is 1. The summed E-state index contributed by atoms with van der Waals surface area (Å²) in [4.78, 5) is 0.164. The van der Waals surface area contributed by atoms with Crippen LogP contribution in [0.15, 0.2) is 23.1 Å². The van der Waals surface area contributed by atoms with Gasteiger partial charge < -0.3 is 10.5 Å². The second-order valence-corrected chi connectivity index (χ2v) is 6.31. The van der Waals surface area contributed by atoms with Gasteiger partial charge in [0.25, 0.3) is 0 Å². The highest BCUT2D eigenvalue weighted by Gasteiger charge is 2.20. The summed E-state index contributed by atoms with van der Waals surface area (Å²) in [5.41, 5.74) is 5.99. The van der Waals surface area contributed by atoms with Gasteiger partial charge in [0, 0.05) is 6.07 Å². The summed E-state index contributed by atoms with van der Waals surface area (Å²) in [7, 11) is -3.34. The van der Waals surface area contributed by atoms with E-state index in [1.807, 2.05) is 20.8 Å². The Morgan fingerprint density at radius 2 is 2.00 bits per heavy atom. The Morgan fingerprint density at radius 1 is 1.35 bits per heavy atom. The van der Waals surface area contributed by atoms with Crippen LogP contribution < -0.4 is 10.5 Å². The smallest absolute Gasteiger partial charge is 0.180 e. The highest BCUT2D eigenvalue weighted by molar-refractivity contribution is 7.91. The van der Waals surface area contributed by atoms with Gasteiger partial charge in [0.2, 0.25) is 0 Å². The molecule has 0 radical (unpaired) electrons. The Kier molecular flexibility index (Phi) is 4.40. The van der Waals surface area contributed by atoms with Crippen molar-refractivity contribution in [2.24, 2.45) is 5.92 Å². The van der Waals surface area contributed by atoms with E-state index in [-0.39, 0.29) is 22.3 Å². The van der Waals surface area contributed by atoms with Gasteiger partial charge in [-0.1, -0.05) is 13.8 Å². The maximum absolute atomic E-state index is 12.1. The summed E-state index contributed by atoms with van der Waals surface area (Å²) in [6.07, 6.45) is 0. The molecule has 0 aliphatic heterocycles. The number of rotatable bonds is 5. The van der Waals surface area contributed by atoms with Gasteiger partial charge in [0.05, 0.1) is 22.9 Å². The number of nitrogen functional groups attached to an aromatic ring is 1. The van der Waals surface area contributed by atoms with Gasteiger partial charge in [-0.25, -0.2) is 8.42 Å². The molecule has 0 unspecified atom stereocenters. The highest BCUT2D eigenvalue weighted by Crippen LogP contribution is 2.26. The molecule has 1 rings (SSSR count). The zero-order valence-electron chi connectivity index (χ0n) is 10.4. The quantitative estimate of drug-likeness (QED) is 0.820. The number of benzene rings is 1. The monoisotopic (exact) mass is 257 g/mol. The Bertz CT molecular complexity index is 481. The Morgan fingerprint density at radius 3 is 2.53 bits per heavy atom. The summed E-state index contributed by atoms with van der Waals surface area (Å²) in [6, 6.07) is 4.74. The second kappa shape index (κ2) is 5.40. The van der Waals surface area contributed by atoms with E-state index < -0.39 is 9.84 Å². The van der Waals surface area contributed by atoms with Gasteiger partial charge in [0.15, 0.2) is 9.84 Å². The predicted molar refractivity (Wildman–Crippen MR) is 68.9 cm³/mol. The summed E-state index contributed by atoms with van der Waals surface area (Å²) < 4.78 is 29.5. The average molecular weight is 257 g/mol. The molecule has 1 aromatic rings. The van der Waals surface area contributed by atoms with Gasteiger partial charge in [-0.05, 0) is 25.0 Å². The molecule has 17 heavy (non-hydrogen) atoms. The van der Waals surface area contributed by atoms with Crippen molar-refractivity contribution in [2.45, 2.75) is 25.7 Å². The molecule has 0 aliphatic rings. The number of ether oxygens (including phenoxy) is 1. The summed E-state index contributed by atoms with van der Waals surface area (Å²) in [6.45, 7) is 6.06. The first-order valence-corrected chi connectivity index (χ1v) is 7.27. The van der Waals surface area contributed by atoms with Crippen LogP contribution in [-0.2, 0) is 9.84 Å². The molecule has 5 heteroatoms. The molecule has 2 N–H and O–H groups in total. The third-order valence-electron chi connectivity index (χ3n) is 2.18. The molecule has 0 aliphatic carbocycles. The van der Waals surface area contributed by atoms with Gasteiger partial charge in [-0.15, -0.1) is 0 Å². The summed E-state index contributed by atoms with van der Waals surface area (Å²) in [5, 5.41) is 0. The van der Waals surface area contributed by atoms with E-state index >= 15 is 0 Å². The zero-order valence-corrected chi connectivity index (χ0v) is 11.3. The van der Waals surface area contributed by atoms with E-state index in [9.17, 15) is 8.42 Å². The lowest BCUT2D eigenvalue weighted by molar-refractivity contribution is 0.339. The van der Waals surface area contributed by atoms with E-state index in [1.54, 1.807) is 12.1 Å². The molecule has 96 valence electrons. The zero-order chi connectivity index (χ0) is 13.1. The largest absolute Gasteiger partial charge is 0.494 e. The van der Waals surface area contributed by atoms with Crippen molar-refractivity contribution in [1.82, 2.24) is 0 Å². The minimum absolute atomic E-state index is 0.0650. The lowest BCUT2D eigenvalue weighted by Crippen LogP contribution is -2.13. The van der Waals surface area contributed by atoms with Crippen LogP contribution in [0.5, 0.6) is 5.75 Å². The van der Waals surface area contributed by atoms with Crippen molar-refractivity contribution in [2.75, 3.05) is 18.1 Å². The molecular weight excluding hydrogens is 238 g/mol. The fourth-order valence-electron chi connectivity index (χ4n) is 1.57. The summed E-state index contributed by atoms with van der Waals surface area (Å²) in [5.74, 6) is 0.687. The predicted octanol–water partition coefficient (Wildman–Crippen LogP) is 2.10. The SMILES string of the molecule is CCOc1ccc(N)c(S(=O)(=O)CC(C)C)c1. The van der Waals surface area contributed by atoms with Gasteiger partial charge in [0.1, 0.15) is 5.75 Å². The first-order valence-electron chi connectivity index (χ1n) is 5.62. The molecule has 0 atom stereocenters. The van der Waals surface area contributed by atoms with Crippen molar-refractivity contribution in [3.05, 3.63) is 18.2 Å². The molecule has 0 aromatic heterocycles. The van der Waals surface area contributed by atoms with Crippen LogP contribution in [0.4, 0.5) is 5.69 Å². The molecule has 0 bridgehead atoms. The van der Waals surface area contributed by atoms with E-state index in [2.05, 4.69) is 0 Å². The number of nitrogens with two attached hydrogens (primary N) is 1. The van der Waals surface area contributed by atoms with Crippen LogP contribution in [0.3, 0.4) is 0 Å². The van der Waals surface area contributed by atoms with Crippen molar-refractivity contribution < 1.29 is 13.2 Å². The topological polar surface area (TPSA) is 69.4 Å². The number of hydrogen-bond acceptors (Lipinski definition) is 4. The average Bonchev–Trinajstić information content (AvgIpc) is 2.19. The first kappa shape index (κ1) is 13.8. The van der Waals surface area contributed by atoms with Crippen LogP contribution in [0.1, 0.15) is 20.8 Å². The van der Waals surface area contributed by atoms with Crippen LogP contribution in [0.25, 0.3) is 0 Å². The molecule has 0 heterocycles. The minimum atomic E-state index is -3.34. The van der Waals surface area contributed by atoms with Crippen LogP contribution >= 0.6 is 0 Å². The van der Waals surface area contributed by atoms with Gasteiger partial charge in [-0.2, -0.15) is 0 Å². The lowest BCUT2D eigenvalue weighted by Gasteiger charge is -2.11. The fourth-order valence-corrected chi connectivity index (χ4v) is 3.35. The molecule has 1 aromatic carbocycles. The third kappa shape index (κ3) is 3.63. The van der Waals surface area contributed by atoms with E-state index in [4.69, 9.17) is 10.5 Å². The van der Waals surface area contributed by atoms with Gasteiger partial charge >= 0.3 is 0 Å². The molecule has 0 spiro atoms. The molecule has 0 saturated carbocycles. The standard InChI is InChI=1S/C12H19NO3S/c1-4-16-10-5-6-11(13)12(7-10)17(14,15)8-9(2)3/h5-7,9H,4,8,13H2,1-3H3. The van der Waals surface area contributed by atoms with E-state index in [0.717, 1.165) is 0 Å². The van der Waals surface area contributed by atoms with Crippen molar-refractivity contribution in [3.8, 4) is 5.75 Å². The van der Waals surface area contributed by atoms with Crippen LogP contribution in [0.2, 0.25) is 0 Å². The van der Waals surface area contributed by atoms with Gasteiger partial charge in [-0.3, -0.25) is 0 Å². The van der Waals surface area contributed by atoms with E-state index in [0.29, 0.717) is 12.4 Å². The molecule has 4 nitrogen and oxygen atoms in total. The summed E-state index contributed by atoms with van der Waals surface area (Å²) >= 11 is 0. The maximum Gasteiger partial charge on any atom is 0.180 e. The Labute approximate surface area is 103 Å². The molecule has 0 saturated heterocycles.